The standard InChI is InChI=1S/C20H27N3O5S/c1-13(2)14(3)21-18(24)12-28-20(25)16-9-6-7-11-23(16)19-15-8-4-5-10-17(15)29(26,27)22-19/h4-5,8,10,13-14,16H,6-7,9,11-12H2,1-3H3,(H,21,24)/t14-,16+/m0/s1. The Bertz CT molecular complexity index is 926. The van der Waals surface area contributed by atoms with Crippen molar-refractivity contribution in [3.63, 3.8) is 0 Å². The molecule has 1 amide bonds. The summed E-state index contributed by atoms with van der Waals surface area (Å²) in [5.74, 6) is -0.347. The number of hydrogen-bond acceptors (Lipinski definition) is 6. The normalized spacial score (nSPS) is 21.3. The average Bonchev–Trinajstić information content (AvgIpc) is 2.97. The Balaban J connectivity index is 1.72. The summed E-state index contributed by atoms with van der Waals surface area (Å²) in [6.07, 6.45) is 2.15. The van der Waals surface area contributed by atoms with Gasteiger partial charge in [0.15, 0.2) is 12.4 Å². The first-order valence-corrected chi connectivity index (χ1v) is 11.3. The van der Waals surface area contributed by atoms with Crippen LogP contribution >= 0.6 is 0 Å². The largest absolute Gasteiger partial charge is 0.454 e. The molecule has 1 aromatic rings. The van der Waals surface area contributed by atoms with E-state index in [1.807, 2.05) is 20.8 Å². The summed E-state index contributed by atoms with van der Waals surface area (Å²) >= 11 is 0. The van der Waals surface area contributed by atoms with Crippen molar-refractivity contribution in [1.82, 2.24) is 10.2 Å². The van der Waals surface area contributed by atoms with Gasteiger partial charge in [-0.3, -0.25) is 4.79 Å². The van der Waals surface area contributed by atoms with E-state index in [0.717, 1.165) is 12.8 Å². The number of rotatable bonds is 5. The quantitative estimate of drug-likeness (QED) is 0.726. The number of ether oxygens (including phenoxy) is 1. The Kier molecular flexibility index (Phi) is 6.26. The molecule has 0 unspecified atom stereocenters. The Morgan fingerprint density at radius 1 is 1.24 bits per heavy atom. The molecule has 8 nitrogen and oxygen atoms in total. The van der Waals surface area contributed by atoms with Gasteiger partial charge in [-0.05, 0) is 44.2 Å². The molecule has 29 heavy (non-hydrogen) atoms. The number of nitrogens with one attached hydrogen (secondary N) is 1. The van der Waals surface area contributed by atoms with Crippen LogP contribution < -0.4 is 5.32 Å². The van der Waals surface area contributed by atoms with Crippen molar-refractivity contribution < 1.29 is 22.7 Å². The second kappa shape index (κ2) is 8.52. The monoisotopic (exact) mass is 421 g/mol. The highest BCUT2D eigenvalue weighted by molar-refractivity contribution is 7.90. The molecule has 0 radical (unpaired) electrons. The summed E-state index contributed by atoms with van der Waals surface area (Å²) in [6, 6.07) is 5.90. The van der Waals surface area contributed by atoms with Crippen LogP contribution in [0.25, 0.3) is 0 Å². The molecule has 1 N–H and O–H groups in total. The number of piperidine rings is 1. The highest BCUT2D eigenvalue weighted by Crippen LogP contribution is 2.30. The van der Waals surface area contributed by atoms with Crippen LogP contribution in [0.5, 0.6) is 0 Å². The van der Waals surface area contributed by atoms with E-state index < -0.39 is 22.0 Å². The van der Waals surface area contributed by atoms with E-state index in [-0.39, 0.29) is 35.2 Å². The summed E-state index contributed by atoms with van der Waals surface area (Å²) in [5, 5.41) is 2.79. The smallest absolute Gasteiger partial charge is 0.329 e. The average molecular weight is 422 g/mol. The lowest BCUT2D eigenvalue weighted by Gasteiger charge is -2.35. The molecule has 3 rings (SSSR count). The molecule has 2 atom stereocenters. The number of hydrogen-bond donors (Lipinski definition) is 1. The molecule has 0 aromatic heterocycles. The van der Waals surface area contributed by atoms with E-state index in [1.165, 1.54) is 6.07 Å². The number of likely N-dealkylation sites (tertiary alicyclic amines) is 1. The number of esters is 1. The first-order valence-electron chi connectivity index (χ1n) is 9.87. The first kappa shape index (κ1) is 21.3. The van der Waals surface area contributed by atoms with E-state index in [4.69, 9.17) is 4.74 Å². The molecule has 0 bridgehead atoms. The van der Waals surface area contributed by atoms with Crippen LogP contribution in [-0.2, 0) is 24.3 Å². The lowest BCUT2D eigenvalue weighted by molar-refractivity contribution is -0.153. The van der Waals surface area contributed by atoms with Gasteiger partial charge >= 0.3 is 5.97 Å². The number of carbonyl (C=O) groups excluding carboxylic acids is 2. The molecule has 0 spiro atoms. The van der Waals surface area contributed by atoms with Gasteiger partial charge in [-0.15, -0.1) is 4.40 Å². The number of nitrogens with zero attached hydrogens (tertiary/aromatic N) is 2. The zero-order valence-corrected chi connectivity index (χ0v) is 17.7. The molecule has 2 heterocycles. The maximum Gasteiger partial charge on any atom is 0.329 e. The molecular formula is C20H27N3O5S. The number of sulfonamides is 1. The molecule has 9 heteroatoms. The fraction of sp³-hybridized carbons (Fsp3) is 0.550. The van der Waals surface area contributed by atoms with Crippen molar-refractivity contribution in [1.29, 1.82) is 0 Å². The summed E-state index contributed by atoms with van der Waals surface area (Å²) in [4.78, 5) is 26.6. The number of amidine groups is 1. The molecule has 2 aliphatic heterocycles. The van der Waals surface area contributed by atoms with Crippen LogP contribution in [0.1, 0.15) is 45.6 Å². The van der Waals surface area contributed by atoms with Crippen molar-refractivity contribution >= 4 is 27.7 Å². The topological polar surface area (TPSA) is 105 Å². The third kappa shape index (κ3) is 4.60. The van der Waals surface area contributed by atoms with Crippen LogP contribution in [0.2, 0.25) is 0 Å². The fourth-order valence-corrected chi connectivity index (χ4v) is 4.64. The Morgan fingerprint density at radius 3 is 2.69 bits per heavy atom. The third-order valence-electron chi connectivity index (χ3n) is 5.39. The third-order valence-corrected chi connectivity index (χ3v) is 6.72. The Morgan fingerprint density at radius 2 is 1.97 bits per heavy atom. The number of benzene rings is 1. The molecule has 0 saturated carbocycles. The van der Waals surface area contributed by atoms with Gasteiger partial charge in [-0.2, -0.15) is 8.42 Å². The summed E-state index contributed by atoms with van der Waals surface area (Å²) in [5.41, 5.74) is 0.496. The van der Waals surface area contributed by atoms with Crippen molar-refractivity contribution in [2.75, 3.05) is 13.2 Å². The zero-order valence-electron chi connectivity index (χ0n) is 16.9. The zero-order chi connectivity index (χ0) is 21.2. The summed E-state index contributed by atoms with van der Waals surface area (Å²) in [7, 11) is -3.77. The molecule has 0 aliphatic carbocycles. The van der Waals surface area contributed by atoms with Crippen molar-refractivity contribution in [2.24, 2.45) is 10.3 Å². The van der Waals surface area contributed by atoms with Gasteiger partial charge in [-0.25, -0.2) is 4.79 Å². The predicted octanol–water partition coefficient (Wildman–Crippen LogP) is 1.69. The van der Waals surface area contributed by atoms with Gasteiger partial charge < -0.3 is 15.0 Å². The van der Waals surface area contributed by atoms with Gasteiger partial charge in [0.25, 0.3) is 15.9 Å². The number of carbonyl (C=O) groups is 2. The first-order chi connectivity index (χ1) is 13.7. The molecule has 1 fully saturated rings. The van der Waals surface area contributed by atoms with Crippen molar-refractivity contribution in [2.45, 2.75) is 57.0 Å². The maximum absolute atomic E-state index is 12.7. The van der Waals surface area contributed by atoms with Gasteiger partial charge in [-0.1, -0.05) is 26.0 Å². The van der Waals surface area contributed by atoms with Crippen LogP contribution in [0, 0.1) is 5.92 Å². The molecule has 158 valence electrons. The Hall–Kier alpha value is -2.42. The minimum atomic E-state index is -3.77. The van der Waals surface area contributed by atoms with Gasteiger partial charge in [0.1, 0.15) is 10.9 Å². The van der Waals surface area contributed by atoms with E-state index >= 15 is 0 Å². The molecule has 1 saturated heterocycles. The SMILES string of the molecule is CC(C)[C@H](C)NC(=O)COC(=O)[C@H]1CCCCN1C1=NS(=O)(=O)c2ccccc21. The van der Waals surface area contributed by atoms with Crippen molar-refractivity contribution in [3.8, 4) is 0 Å². The van der Waals surface area contributed by atoms with Crippen LogP contribution in [0.15, 0.2) is 33.6 Å². The summed E-state index contributed by atoms with van der Waals surface area (Å²) in [6.45, 7) is 6.01. The van der Waals surface area contributed by atoms with Crippen LogP contribution in [0.4, 0.5) is 0 Å². The highest BCUT2D eigenvalue weighted by Gasteiger charge is 2.38. The minimum absolute atomic E-state index is 0.0260. The molecular weight excluding hydrogens is 394 g/mol. The number of fused-ring (bicyclic) bond motifs is 1. The fourth-order valence-electron chi connectivity index (χ4n) is 3.42. The van der Waals surface area contributed by atoms with Gasteiger partial charge in [0.2, 0.25) is 0 Å². The minimum Gasteiger partial charge on any atom is -0.454 e. The van der Waals surface area contributed by atoms with E-state index in [1.54, 1.807) is 23.1 Å². The van der Waals surface area contributed by atoms with Gasteiger partial charge in [0.05, 0.1) is 0 Å². The van der Waals surface area contributed by atoms with E-state index in [2.05, 4.69) is 9.71 Å². The molecule has 1 aromatic carbocycles. The predicted molar refractivity (Wildman–Crippen MR) is 108 cm³/mol. The second-order valence-electron chi connectivity index (χ2n) is 7.80. The van der Waals surface area contributed by atoms with Crippen LogP contribution in [-0.4, -0.2) is 56.3 Å². The number of amides is 1. The van der Waals surface area contributed by atoms with E-state index in [9.17, 15) is 18.0 Å². The lowest BCUT2D eigenvalue weighted by atomic mass is 10.0. The molecule has 2 aliphatic rings. The highest BCUT2D eigenvalue weighted by atomic mass is 32.2. The van der Waals surface area contributed by atoms with Crippen LogP contribution in [0.3, 0.4) is 0 Å². The van der Waals surface area contributed by atoms with E-state index in [0.29, 0.717) is 18.5 Å². The summed E-state index contributed by atoms with van der Waals surface area (Å²) < 4.78 is 33.9. The second-order valence-corrected chi connectivity index (χ2v) is 9.37. The van der Waals surface area contributed by atoms with Gasteiger partial charge in [0, 0.05) is 18.2 Å². The lowest BCUT2D eigenvalue weighted by Crippen LogP contribution is -2.49. The van der Waals surface area contributed by atoms with Crippen molar-refractivity contribution in [3.05, 3.63) is 29.8 Å². The maximum atomic E-state index is 12.7. The Labute approximate surface area is 171 Å².